The smallest absolute Gasteiger partial charge is 0.104 e. The SMILES string of the molecule is COCCOCCCC(C)(C#N)NC(C)C. The predicted molar refractivity (Wildman–Crippen MR) is 64.2 cm³/mol. The van der Waals surface area contributed by atoms with Crippen molar-refractivity contribution in [3.05, 3.63) is 0 Å². The Morgan fingerprint density at radius 3 is 2.50 bits per heavy atom. The maximum Gasteiger partial charge on any atom is 0.104 e. The van der Waals surface area contributed by atoms with Crippen molar-refractivity contribution in [1.29, 1.82) is 5.26 Å². The molecule has 0 aliphatic rings. The van der Waals surface area contributed by atoms with Crippen molar-refractivity contribution in [3.8, 4) is 6.07 Å². The molecule has 94 valence electrons. The van der Waals surface area contributed by atoms with E-state index < -0.39 is 5.54 Å². The van der Waals surface area contributed by atoms with E-state index in [1.165, 1.54) is 0 Å². The lowest BCUT2D eigenvalue weighted by atomic mass is 9.97. The Morgan fingerprint density at radius 2 is 2.00 bits per heavy atom. The maximum atomic E-state index is 9.10. The van der Waals surface area contributed by atoms with E-state index in [0.29, 0.717) is 25.9 Å². The Bertz CT molecular complexity index is 214. The third-order valence-electron chi connectivity index (χ3n) is 2.25. The topological polar surface area (TPSA) is 54.3 Å². The van der Waals surface area contributed by atoms with Gasteiger partial charge in [-0.2, -0.15) is 5.26 Å². The second kappa shape index (κ2) is 8.51. The Morgan fingerprint density at radius 1 is 1.31 bits per heavy atom. The average Bonchev–Trinajstić information content (AvgIpc) is 2.22. The van der Waals surface area contributed by atoms with Crippen LogP contribution in [-0.4, -0.2) is 38.5 Å². The van der Waals surface area contributed by atoms with Gasteiger partial charge in [-0.25, -0.2) is 0 Å². The largest absolute Gasteiger partial charge is 0.382 e. The van der Waals surface area contributed by atoms with Crippen LogP contribution in [0, 0.1) is 11.3 Å². The predicted octanol–water partition coefficient (Wildman–Crippen LogP) is 1.71. The second-order valence-electron chi connectivity index (χ2n) is 4.45. The summed E-state index contributed by atoms with van der Waals surface area (Å²) in [6.45, 7) is 7.95. The van der Waals surface area contributed by atoms with Gasteiger partial charge in [0, 0.05) is 19.8 Å². The van der Waals surface area contributed by atoms with Gasteiger partial charge in [-0.3, -0.25) is 5.32 Å². The summed E-state index contributed by atoms with van der Waals surface area (Å²) in [7, 11) is 1.66. The van der Waals surface area contributed by atoms with Gasteiger partial charge in [0.1, 0.15) is 5.54 Å². The summed E-state index contributed by atoms with van der Waals surface area (Å²) >= 11 is 0. The Hall–Kier alpha value is -0.630. The highest BCUT2D eigenvalue weighted by atomic mass is 16.5. The summed E-state index contributed by atoms with van der Waals surface area (Å²) in [5, 5.41) is 12.4. The zero-order valence-corrected chi connectivity index (χ0v) is 10.9. The summed E-state index contributed by atoms with van der Waals surface area (Å²) in [5.74, 6) is 0. The van der Waals surface area contributed by atoms with Crippen LogP contribution in [0.2, 0.25) is 0 Å². The lowest BCUT2D eigenvalue weighted by Gasteiger charge is -2.25. The molecule has 0 amide bonds. The van der Waals surface area contributed by atoms with Crippen LogP contribution in [0.5, 0.6) is 0 Å². The Kier molecular flexibility index (Phi) is 8.18. The van der Waals surface area contributed by atoms with E-state index in [4.69, 9.17) is 14.7 Å². The molecule has 0 bridgehead atoms. The van der Waals surface area contributed by atoms with E-state index in [-0.39, 0.29) is 0 Å². The molecule has 0 heterocycles. The van der Waals surface area contributed by atoms with Crippen molar-refractivity contribution in [2.45, 2.75) is 45.2 Å². The van der Waals surface area contributed by atoms with Crippen LogP contribution in [0.3, 0.4) is 0 Å². The molecular weight excluding hydrogens is 204 g/mol. The number of nitrogens with zero attached hydrogens (tertiary/aromatic N) is 1. The van der Waals surface area contributed by atoms with E-state index >= 15 is 0 Å². The van der Waals surface area contributed by atoms with Crippen molar-refractivity contribution >= 4 is 0 Å². The third-order valence-corrected chi connectivity index (χ3v) is 2.25. The number of nitrogens with one attached hydrogen (secondary N) is 1. The number of ether oxygens (including phenoxy) is 2. The molecule has 0 aliphatic carbocycles. The first-order valence-corrected chi connectivity index (χ1v) is 5.79. The lowest BCUT2D eigenvalue weighted by Crippen LogP contribution is -2.45. The van der Waals surface area contributed by atoms with Crippen LogP contribution < -0.4 is 5.32 Å². The molecule has 0 aromatic rings. The van der Waals surface area contributed by atoms with Gasteiger partial charge in [-0.1, -0.05) is 0 Å². The summed E-state index contributed by atoms with van der Waals surface area (Å²) < 4.78 is 10.2. The van der Waals surface area contributed by atoms with Gasteiger partial charge in [0.05, 0.1) is 19.3 Å². The molecule has 1 atom stereocenters. The summed E-state index contributed by atoms with van der Waals surface area (Å²) in [6, 6.07) is 2.64. The number of methoxy groups -OCH3 is 1. The molecule has 0 aromatic heterocycles. The minimum absolute atomic E-state index is 0.319. The normalized spacial score (nSPS) is 14.8. The van der Waals surface area contributed by atoms with Crippen LogP contribution in [0.15, 0.2) is 0 Å². The second-order valence-corrected chi connectivity index (χ2v) is 4.45. The monoisotopic (exact) mass is 228 g/mol. The molecule has 1 unspecified atom stereocenters. The first-order chi connectivity index (χ1) is 7.54. The fourth-order valence-electron chi connectivity index (χ4n) is 1.57. The number of rotatable bonds is 9. The van der Waals surface area contributed by atoms with Crippen molar-refractivity contribution in [3.63, 3.8) is 0 Å². The third kappa shape index (κ3) is 7.63. The highest BCUT2D eigenvalue weighted by Crippen LogP contribution is 2.12. The quantitative estimate of drug-likeness (QED) is 0.610. The van der Waals surface area contributed by atoms with Gasteiger partial charge in [0.2, 0.25) is 0 Å². The van der Waals surface area contributed by atoms with Crippen molar-refractivity contribution in [2.24, 2.45) is 0 Å². The van der Waals surface area contributed by atoms with Gasteiger partial charge in [-0.05, 0) is 33.6 Å². The molecule has 0 aromatic carbocycles. The Balaban J connectivity index is 3.67. The highest BCUT2D eigenvalue weighted by Gasteiger charge is 2.23. The van der Waals surface area contributed by atoms with Crippen LogP contribution in [-0.2, 0) is 9.47 Å². The van der Waals surface area contributed by atoms with Crippen LogP contribution in [0.25, 0.3) is 0 Å². The number of nitriles is 1. The average molecular weight is 228 g/mol. The van der Waals surface area contributed by atoms with Crippen molar-refractivity contribution in [1.82, 2.24) is 5.32 Å². The van der Waals surface area contributed by atoms with Gasteiger partial charge >= 0.3 is 0 Å². The van der Waals surface area contributed by atoms with Gasteiger partial charge in [0.25, 0.3) is 0 Å². The van der Waals surface area contributed by atoms with E-state index in [9.17, 15) is 0 Å². The zero-order chi connectivity index (χ0) is 12.4. The van der Waals surface area contributed by atoms with E-state index in [1.54, 1.807) is 7.11 Å². The fraction of sp³-hybridized carbons (Fsp3) is 0.917. The molecule has 0 rings (SSSR count). The molecule has 0 spiro atoms. The van der Waals surface area contributed by atoms with E-state index in [0.717, 1.165) is 12.8 Å². The van der Waals surface area contributed by atoms with Crippen molar-refractivity contribution in [2.75, 3.05) is 26.9 Å². The minimum atomic E-state index is -0.446. The minimum Gasteiger partial charge on any atom is -0.382 e. The first kappa shape index (κ1) is 15.4. The highest BCUT2D eigenvalue weighted by molar-refractivity contribution is 5.04. The van der Waals surface area contributed by atoms with Gasteiger partial charge < -0.3 is 9.47 Å². The zero-order valence-electron chi connectivity index (χ0n) is 10.9. The van der Waals surface area contributed by atoms with Crippen molar-refractivity contribution < 1.29 is 9.47 Å². The standard InChI is InChI=1S/C12H24N2O2/c1-11(2)14-12(3,10-13)6-5-7-16-9-8-15-4/h11,14H,5-9H2,1-4H3. The molecular formula is C12H24N2O2. The molecule has 0 aliphatic heterocycles. The molecule has 4 heteroatoms. The molecule has 0 saturated carbocycles. The Labute approximate surface area is 98.9 Å². The molecule has 1 N–H and O–H groups in total. The van der Waals surface area contributed by atoms with Gasteiger partial charge in [-0.15, -0.1) is 0 Å². The molecule has 0 saturated heterocycles. The van der Waals surface area contributed by atoms with Crippen LogP contribution in [0.1, 0.15) is 33.6 Å². The first-order valence-electron chi connectivity index (χ1n) is 5.79. The van der Waals surface area contributed by atoms with Crippen LogP contribution >= 0.6 is 0 Å². The summed E-state index contributed by atoms with van der Waals surface area (Å²) in [5.41, 5.74) is -0.446. The maximum absolute atomic E-state index is 9.10. The molecule has 4 nitrogen and oxygen atoms in total. The number of hydrogen-bond acceptors (Lipinski definition) is 4. The van der Waals surface area contributed by atoms with Gasteiger partial charge in [0.15, 0.2) is 0 Å². The summed E-state index contributed by atoms with van der Waals surface area (Å²) in [4.78, 5) is 0. The van der Waals surface area contributed by atoms with E-state index in [1.807, 2.05) is 20.8 Å². The van der Waals surface area contributed by atoms with Crippen LogP contribution in [0.4, 0.5) is 0 Å². The lowest BCUT2D eigenvalue weighted by molar-refractivity contribution is 0.0668. The number of hydrogen-bond donors (Lipinski definition) is 1. The molecule has 16 heavy (non-hydrogen) atoms. The summed E-state index contributed by atoms with van der Waals surface area (Å²) in [6.07, 6.45) is 1.68. The molecule has 0 fully saturated rings. The molecule has 0 radical (unpaired) electrons. The van der Waals surface area contributed by atoms with E-state index in [2.05, 4.69) is 11.4 Å². The fourth-order valence-corrected chi connectivity index (χ4v) is 1.57.